The molecule has 208 valence electrons. The molecule has 3 amide bonds. The molecule has 1 aliphatic rings. The number of methoxy groups -OCH3 is 1. The number of carbonyl (C=O) groups is 3. The van der Waals surface area contributed by atoms with Crippen LogP contribution in [0.5, 0.6) is 23.0 Å². The molecule has 1 heterocycles. The molecular formula is C28H27IN4O7. The minimum Gasteiger partial charge on any atom is -0.493 e. The van der Waals surface area contributed by atoms with E-state index < -0.39 is 11.8 Å². The van der Waals surface area contributed by atoms with E-state index in [1.807, 2.05) is 32.0 Å². The summed E-state index contributed by atoms with van der Waals surface area (Å²) >= 11 is 2.05. The van der Waals surface area contributed by atoms with E-state index in [0.29, 0.717) is 32.1 Å². The van der Waals surface area contributed by atoms with Crippen molar-refractivity contribution in [2.45, 2.75) is 20.4 Å². The molecule has 11 nitrogen and oxygen atoms in total. The highest BCUT2D eigenvalue weighted by atomic mass is 127. The number of hydrogen-bond donors (Lipinski definition) is 3. The van der Waals surface area contributed by atoms with E-state index in [2.05, 4.69) is 43.8 Å². The Bertz CT molecular complexity index is 1460. The predicted octanol–water partition coefficient (Wildman–Crippen LogP) is 3.43. The lowest BCUT2D eigenvalue weighted by molar-refractivity contribution is -0.139. The van der Waals surface area contributed by atoms with Crippen molar-refractivity contribution in [1.82, 2.24) is 10.7 Å². The van der Waals surface area contributed by atoms with E-state index in [-0.39, 0.29) is 25.9 Å². The maximum absolute atomic E-state index is 12.5. The van der Waals surface area contributed by atoms with Crippen LogP contribution in [0.2, 0.25) is 0 Å². The number of ether oxygens (including phenoxy) is 4. The Kier molecular flexibility index (Phi) is 9.43. The fourth-order valence-electron chi connectivity index (χ4n) is 3.81. The van der Waals surface area contributed by atoms with Gasteiger partial charge in [0.2, 0.25) is 6.79 Å². The van der Waals surface area contributed by atoms with Crippen LogP contribution < -0.4 is 35.0 Å². The molecule has 0 atom stereocenters. The number of fused-ring (bicyclic) bond motifs is 1. The third-order valence-electron chi connectivity index (χ3n) is 5.82. The molecule has 12 heteroatoms. The molecule has 3 aromatic carbocycles. The number of anilines is 1. The molecule has 0 saturated carbocycles. The Morgan fingerprint density at radius 1 is 1.02 bits per heavy atom. The largest absolute Gasteiger partial charge is 0.493 e. The Morgan fingerprint density at radius 3 is 2.52 bits per heavy atom. The predicted molar refractivity (Wildman–Crippen MR) is 156 cm³/mol. The molecule has 4 rings (SSSR count). The number of benzene rings is 3. The first kappa shape index (κ1) is 28.7. The van der Waals surface area contributed by atoms with Crippen molar-refractivity contribution in [2.75, 3.05) is 25.8 Å². The summed E-state index contributed by atoms with van der Waals surface area (Å²) < 4.78 is 22.4. The van der Waals surface area contributed by atoms with Crippen molar-refractivity contribution in [3.8, 4) is 23.0 Å². The van der Waals surface area contributed by atoms with Gasteiger partial charge >= 0.3 is 11.8 Å². The van der Waals surface area contributed by atoms with Gasteiger partial charge in [-0.05, 0) is 83.0 Å². The maximum atomic E-state index is 12.5. The average Bonchev–Trinajstić information content (AvgIpc) is 3.41. The van der Waals surface area contributed by atoms with Crippen LogP contribution in [0, 0.1) is 17.4 Å². The van der Waals surface area contributed by atoms with Crippen molar-refractivity contribution >= 4 is 52.2 Å². The molecule has 0 spiro atoms. The Balaban J connectivity index is 1.30. The molecule has 0 unspecified atom stereocenters. The Morgan fingerprint density at radius 2 is 1.77 bits per heavy atom. The lowest BCUT2D eigenvalue weighted by atomic mass is 10.1. The minimum absolute atomic E-state index is 0.131. The summed E-state index contributed by atoms with van der Waals surface area (Å²) in [5.74, 6) is -0.0849. The van der Waals surface area contributed by atoms with Gasteiger partial charge in [0.25, 0.3) is 5.91 Å². The summed E-state index contributed by atoms with van der Waals surface area (Å²) in [6.07, 6.45) is 1.37. The van der Waals surface area contributed by atoms with Gasteiger partial charge in [0.05, 0.1) is 16.9 Å². The summed E-state index contributed by atoms with van der Waals surface area (Å²) in [6.45, 7) is 3.91. The van der Waals surface area contributed by atoms with Gasteiger partial charge in [-0.2, -0.15) is 5.10 Å². The van der Waals surface area contributed by atoms with Crippen molar-refractivity contribution in [1.29, 1.82) is 0 Å². The number of carbonyl (C=O) groups excluding carboxylic acids is 3. The third kappa shape index (κ3) is 7.20. The number of rotatable bonds is 9. The molecule has 0 bridgehead atoms. The highest BCUT2D eigenvalue weighted by Gasteiger charge is 2.17. The summed E-state index contributed by atoms with van der Waals surface area (Å²) in [7, 11) is 1.47. The van der Waals surface area contributed by atoms with Crippen molar-refractivity contribution in [3.05, 3.63) is 74.4 Å². The van der Waals surface area contributed by atoms with Crippen LogP contribution in [0.4, 0.5) is 5.69 Å². The smallest absolute Gasteiger partial charge is 0.329 e. The van der Waals surface area contributed by atoms with E-state index in [4.69, 9.17) is 18.9 Å². The van der Waals surface area contributed by atoms with Crippen LogP contribution in [0.15, 0.2) is 53.6 Å². The molecule has 3 N–H and O–H groups in total. The van der Waals surface area contributed by atoms with Crippen LogP contribution in [0.1, 0.15) is 22.3 Å². The molecule has 40 heavy (non-hydrogen) atoms. The lowest BCUT2D eigenvalue weighted by Gasteiger charge is -2.15. The van der Waals surface area contributed by atoms with E-state index in [1.165, 1.54) is 13.3 Å². The van der Waals surface area contributed by atoms with Gasteiger partial charge < -0.3 is 29.6 Å². The zero-order chi connectivity index (χ0) is 28.6. The molecule has 0 aromatic heterocycles. The number of aryl methyl sites for hydroxylation is 2. The first-order valence-corrected chi connectivity index (χ1v) is 13.2. The van der Waals surface area contributed by atoms with Crippen LogP contribution in [-0.4, -0.2) is 44.4 Å². The zero-order valence-electron chi connectivity index (χ0n) is 22.0. The summed E-state index contributed by atoms with van der Waals surface area (Å²) in [4.78, 5) is 36.8. The number of nitrogens with one attached hydrogen (secondary N) is 3. The highest BCUT2D eigenvalue weighted by molar-refractivity contribution is 14.1. The van der Waals surface area contributed by atoms with Gasteiger partial charge in [-0.25, -0.2) is 5.43 Å². The second kappa shape index (κ2) is 13.2. The fraction of sp³-hybridized carbons (Fsp3) is 0.214. The van der Waals surface area contributed by atoms with Crippen LogP contribution in [-0.2, 0) is 20.9 Å². The summed E-state index contributed by atoms with van der Waals surface area (Å²) in [5.41, 5.74) is 6.20. The Hall–Kier alpha value is -4.33. The van der Waals surface area contributed by atoms with Crippen LogP contribution in [0.3, 0.4) is 0 Å². The standard InChI is InChI=1S/C28H27IN4O7/c1-16-5-4-6-17(2)25(16)32-24(34)14-38-26-20(29)9-19(11-23(26)37-3)13-31-33-28(36)27(35)30-12-18-7-8-21-22(10-18)40-15-39-21/h4-11,13H,12,14-15H2,1-3H3,(H,30,35)(H,32,34)(H,33,36)/b31-13-. The summed E-state index contributed by atoms with van der Waals surface area (Å²) in [5, 5.41) is 9.27. The third-order valence-corrected chi connectivity index (χ3v) is 6.62. The van der Waals surface area contributed by atoms with E-state index in [0.717, 1.165) is 22.4 Å². The zero-order valence-corrected chi connectivity index (χ0v) is 24.2. The molecule has 0 radical (unpaired) electrons. The maximum Gasteiger partial charge on any atom is 0.329 e. The number of halogens is 1. The molecule has 0 saturated heterocycles. The van der Waals surface area contributed by atoms with Crippen molar-refractivity contribution in [2.24, 2.45) is 5.10 Å². The molecule has 0 fully saturated rings. The second-order valence-electron chi connectivity index (χ2n) is 8.71. The van der Waals surface area contributed by atoms with Crippen molar-refractivity contribution in [3.63, 3.8) is 0 Å². The molecular weight excluding hydrogens is 631 g/mol. The van der Waals surface area contributed by atoms with E-state index in [1.54, 1.807) is 30.3 Å². The average molecular weight is 658 g/mol. The molecule has 3 aromatic rings. The van der Waals surface area contributed by atoms with Gasteiger partial charge in [0.15, 0.2) is 29.6 Å². The topological polar surface area (TPSA) is 137 Å². The normalized spacial score (nSPS) is 11.7. The Labute approximate surface area is 244 Å². The number of amides is 3. The highest BCUT2D eigenvalue weighted by Crippen LogP contribution is 2.34. The second-order valence-corrected chi connectivity index (χ2v) is 9.87. The molecule has 1 aliphatic heterocycles. The first-order valence-electron chi connectivity index (χ1n) is 12.1. The SMILES string of the molecule is COc1cc(/C=N\NC(=O)C(=O)NCc2ccc3c(c2)OCO3)cc(I)c1OCC(=O)Nc1c(C)cccc1C. The van der Waals surface area contributed by atoms with Crippen LogP contribution >= 0.6 is 22.6 Å². The van der Waals surface area contributed by atoms with Gasteiger partial charge in [0.1, 0.15) is 0 Å². The number of hydrogen-bond acceptors (Lipinski definition) is 8. The lowest BCUT2D eigenvalue weighted by Crippen LogP contribution is -2.37. The van der Waals surface area contributed by atoms with Gasteiger partial charge in [-0.1, -0.05) is 24.3 Å². The number of para-hydroxylation sites is 1. The quantitative estimate of drug-likeness (QED) is 0.139. The van der Waals surface area contributed by atoms with Crippen molar-refractivity contribution < 1.29 is 33.3 Å². The van der Waals surface area contributed by atoms with Gasteiger partial charge in [-0.15, -0.1) is 0 Å². The minimum atomic E-state index is -0.923. The number of nitrogens with zero attached hydrogens (tertiary/aromatic N) is 1. The van der Waals surface area contributed by atoms with Crippen LogP contribution in [0.25, 0.3) is 0 Å². The first-order chi connectivity index (χ1) is 19.2. The molecule has 0 aliphatic carbocycles. The van der Waals surface area contributed by atoms with E-state index >= 15 is 0 Å². The van der Waals surface area contributed by atoms with E-state index in [9.17, 15) is 14.4 Å². The van der Waals surface area contributed by atoms with Gasteiger partial charge in [-0.3, -0.25) is 14.4 Å². The number of hydrazone groups is 1. The van der Waals surface area contributed by atoms with Gasteiger partial charge in [0, 0.05) is 12.2 Å². The summed E-state index contributed by atoms with van der Waals surface area (Å²) in [6, 6.07) is 14.4. The fourth-order valence-corrected chi connectivity index (χ4v) is 4.59. The monoisotopic (exact) mass is 658 g/mol.